The second kappa shape index (κ2) is 7.95. The van der Waals surface area contributed by atoms with E-state index in [2.05, 4.69) is 44.0 Å². The molecule has 3 N–H and O–H groups in total. The number of aromatic nitrogens is 2. The summed E-state index contributed by atoms with van der Waals surface area (Å²) >= 11 is 0. The zero-order valence-corrected chi connectivity index (χ0v) is 15.4. The molecule has 0 aromatic carbocycles. The molecule has 0 spiro atoms. The second-order valence-electron chi connectivity index (χ2n) is 6.12. The third-order valence-electron chi connectivity index (χ3n) is 3.50. The molecule has 2 aromatic heterocycles. The quantitative estimate of drug-likeness (QED) is 0.456. The summed E-state index contributed by atoms with van der Waals surface area (Å²) in [5.74, 6) is 6.33. The number of H-pyrrole nitrogens is 1. The minimum Gasteiger partial charge on any atom is -0.378 e. The summed E-state index contributed by atoms with van der Waals surface area (Å²) in [6, 6.07) is 1.92. The minimum absolute atomic E-state index is 0.613. The molecule has 6 nitrogen and oxygen atoms in total. The highest BCUT2D eigenvalue weighted by atomic mass is 16.3. The summed E-state index contributed by atoms with van der Waals surface area (Å²) < 4.78 is 0. The molecule has 0 atom stereocenters. The Bertz CT molecular complexity index is 859. The van der Waals surface area contributed by atoms with Gasteiger partial charge in [-0.25, -0.2) is 9.98 Å². The normalized spacial score (nSPS) is 12.9. The molecule has 25 heavy (non-hydrogen) atoms. The predicted molar refractivity (Wildman–Crippen MR) is 103 cm³/mol. The van der Waals surface area contributed by atoms with Gasteiger partial charge in [-0.1, -0.05) is 12.8 Å². The van der Waals surface area contributed by atoms with Crippen molar-refractivity contribution in [3.63, 3.8) is 0 Å². The lowest BCUT2D eigenvalue weighted by atomic mass is 10.1. The number of guanidine groups is 1. The van der Waals surface area contributed by atoms with E-state index in [0.29, 0.717) is 11.7 Å². The van der Waals surface area contributed by atoms with Gasteiger partial charge in [0.15, 0.2) is 0 Å². The van der Waals surface area contributed by atoms with Gasteiger partial charge in [-0.3, -0.25) is 4.99 Å². The Balaban J connectivity index is 2.50. The fraction of sp³-hybridized carbons (Fsp3) is 0.421. The van der Waals surface area contributed by atoms with Crippen molar-refractivity contribution in [2.75, 3.05) is 13.6 Å². The van der Waals surface area contributed by atoms with Crippen molar-refractivity contribution >= 4 is 22.6 Å². The molecule has 0 saturated carbocycles. The molecule has 0 bridgehead atoms. The first-order valence-electron chi connectivity index (χ1n) is 8.39. The maximum absolute atomic E-state index is 9.76. The Morgan fingerprint density at radius 2 is 2.16 bits per heavy atom. The number of aliphatic imine (C=N–C) groups is 2. The molecule has 2 heterocycles. The number of nitrogens with one attached hydrogen (secondary N) is 2. The van der Waals surface area contributed by atoms with Crippen LogP contribution in [-0.2, 0) is 0 Å². The first kappa shape index (κ1) is 18.7. The molecule has 132 valence electrons. The summed E-state index contributed by atoms with van der Waals surface area (Å²) in [6.07, 6.45) is 4.45. The smallest absolute Gasteiger partial charge is 0.217 e. The first-order valence-corrected chi connectivity index (χ1v) is 8.39. The van der Waals surface area contributed by atoms with Gasteiger partial charge in [-0.2, -0.15) is 0 Å². The molecular weight excluding hydrogens is 314 g/mol. The van der Waals surface area contributed by atoms with Crippen molar-refractivity contribution in [1.29, 1.82) is 0 Å². The number of aliphatic hydroxyl groups is 1. The average Bonchev–Trinajstić information content (AvgIpc) is 2.99. The molecule has 0 saturated heterocycles. The van der Waals surface area contributed by atoms with Crippen LogP contribution in [0.4, 0.5) is 0 Å². The lowest BCUT2D eigenvalue weighted by molar-refractivity contribution is 0.143. The Morgan fingerprint density at radius 3 is 2.76 bits per heavy atom. The van der Waals surface area contributed by atoms with E-state index in [-0.39, 0.29) is 0 Å². The number of nitrogens with zero attached hydrogens (tertiary/aromatic N) is 3. The van der Waals surface area contributed by atoms with Crippen LogP contribution in [0.25, 0.3) is 10.9 Å². The number of fused-ring (bicyclic) bond motifs is 1. The summed E-state index contributed by atoms with van der Waals surface area (Å²) in [6.45, 7) is 8.13. The van der Waals surface area contributed by atoms with Crippen LogP contribution >= 0.6 is 0 Å². The zero-order valence-electron chi connectivity index (χ0n) is 15.4. The molecular formula is C19H25N5O. The van der Waals surface area contributed by atoms with Crippen LogP contribution in [0.2, 0.25) is 0 Å². The highest BCUT2D eigenvalue weighted by molar-refractivity contribution is 6.14. The maximum Gasteiger partial charge on any atom is 0.217 e. The molecule has 0 unspecified atom stereocenters. The molecule has 0 aliphatic carbocycles. The van der Waals surface area contributed by atoms with Gasteiger partial charge in [0.25, 0.3) is 0 Å². The molecule has 2 aromatic rings. The molecule has 0 fully saturated rings. The average molecular weight is 339 g/mol. The molecule has 0 radical (unpaired) electrons. The van der Waals surface area contributed by atoms with E-state index in [1.54, 1.807) is 27.1 Å². The minimum atomic E-state index is -1.05. The molecule has 0 aliphatic heterocycles. The number of aromatic amines is 1. The van der Waals surface area contributed by atoms with Crippen molar-refractivity contribution in [2.24, 2.45) is 9.98 Å². The van der Waals surface area contributed by atoms with E-state index in [4.69, 9.17) is 0 Å². The van der Waals surface area contributed by atoms with Crippen LogP contribution < -0.4 is 5.32 Å². The van der Waals surface area contributed by atoms with Crippen molar-refractivity contribution in [2.45, 2.75) is 39.7 Å². The Hall–Kier alpha value is -2.65. The van der Waals surface area contributed by atoms with E-state index in [0.717, 1.165) is 35.1 Å². The monoisotopic (exact) mass is 339 g/mol. The van der Waals surface area contributed by atoms with E-state index < -0.39 is 5.60 Å². The largest absolute Gasteiger partial charge is 0.378 e. The zero-order chi connectivity index (χ0) is 18.4. The first-order chi connectivity index (χ1) is 11.9. The van der Waals surface area contributed by atoms with Crippen LogP contribution in [0.3, 0.4) is 0 Å². The van der Waals surface area contributed by atoms with Crippen molar-refractivity contribution in [3.05, 3.63) is 29.7 Å². The number of hydrogen-bond acceptors (Lipinski definition) is 3. The van der Waals surface area contributed by atoms with Gasteiger partial charge >= 0.3 is 0 Å². The summed E-state index contributed by atoms with van der Waals surface area (Å²) in [4.78, 5) is 16.4. The van der Waals surface area contributed by atoms with Crippen molar-refractivity contribution in [1.82, 2.24) is 15.3 Å². The molecule has 6 heteroatoms. The highest BCUT2D eigenvalue weighted by Crippen LogP contribution is 2.20. The summed E-state index contributed by atoms with van der Waals surface area (Å²) in [7, 11) is 1.72. The SMILES string of the molecule is CCNC(=NC)/N=C(\CC)c1c[nH]c2cnc(C#CC(C)(C)O)cc12. The number of rotatable bonds is 3. The van der Waals surface area contributed by atoms with E-state index in [9.17, 15) is 5.11 Å². The van der Waals surface area contributed by atoms with Crippen LogP contribution in [0, 0.1) is 11.8 Å². The van der Waals surface area contributed by atoms with Gasteiger partial charge in [0.05, 0.1) is 17.4 Å². The third-order valence-corrected chi connectivity index (χ3v) is 3.50. The van der Waals surface area contributed by atoms with Gasteiger partial charge in [-0.05, 0) is 39.2 Å². The lowest BCUT2D eigenvalue weighted by Crippen LogP contribution is -2.22. The van der Waals surface area contributed by atoms with E-state index >= 15 is 0 Å². The summed E-state index contributed by atoms with van der Waals surface area (Å²) in [5, 5.41) is 13.9. The van der Waals surface area contributed by atoms with Crippen LogP contribution in [0.5, 0.6) is 0 Å². The van der Waals surface area contributed by atoms with Crippen LogP contribution in [0.15, 0.2) is 28.4 Å². The molecule has 2 rings (SSSR count). The van der Waals surface area contributed by atoms with Crippen LogP contribution in [0.1, 0.15) is 45.4 Å². The predicted octanol–water partition coefficient (Wildman–Crippen LogP) is 2.48. The number of pyridine rings is 1. The molecule has 0 amide bonds. The van der Waals surface area contributed by atoms with Crippen molar-refractivity contribution in [3.8, 4) is 11.8 Å². The van der Waals surface area contributed by atoms with E-state index in [1.807, 2.05) is 19.2 Å². The standard InChI is InChI=1S/C19H25N5O/c1-6-16(24-18(20-5)21-7-2)15-11-23-17-12-22-13(10-14(15)17)8-9-19(3,4)25/h10-12,23,25H,6-7H2,1-5H3,(H,20,21)/b24-16+. The Labute approximate surface area is 148 Å². The summed E-state index contributed by atoms with van der Waals surface area (Å²) in [5.41, 5.74) is 2.42. The second-order valence-corrected chi connectivity index (χ2v) is 6.12. The lowest BCUT2D eigenvalue weighted by Gasteiger charge is -2.07. The Kier molecular flexibility index (Phi) is 5.94. The van der Waals surface area contributed by atoms with Crippen LogP contribution in [-0.4, -0.2) is 45.9 Å². The fourth-order valence-corrected chi connectivity index (χ4v) is 2.33. The molecule has 0 aliphatic rings. The van der Waals surface area contributed by atoms with Crippen molar-refractivity contribution < 1.29 is 5.11 Å². The van der Waals surface area contributed by atoms with Gasteiger partial charge < -0.3 is 15.4 Å². The highest BCUT2D eigenvalue weighted by Gasteiger charge is 2.11. The van der Waals surface area contributed by atoms with E-state index in [1.165, 1.54) is 0 Å². The van der Waals surface area contributed by atoms with Gasteiger partial charge in [-0.15, -0.1) is 0 Å². The van der Waals surface area contributed by atoms with Gasteiger partial charge in [0.1, 0.15) is 11.3 Å². The fourth-order valence-electron chi connectivity index (χ4n) is 2.33. The Morgan fingerprint density at radius 1 is 1.40 bits per heavy atom. The number of hydrogen-bond donors (Lipinski definition) is 3. The van der Waals surface area contributed by atoms with Gasteiger partial charge in [0, 0.05) is 30.7 Å². The maximum atomic E-state index is 9.76. The van der Waals surface area contributed by atoms with Gasteiger partial charge in [0.2, 0.25) is 5.96 Å². The topological polar surface area (TPSA) is 85.7 Å². The third kappa shape index (κ3) is 4.91.